The zero-order valence-corrected chi connectivity index (χ0v) is 16.7. The Labute approximate surface area is 167 Å². The molecule has 1 heterocycles. The van der Waals surface area contributed by atoms with Crippen molar-refractivity contribution in [1.82, 2.24) is 10.2 Å². The van der Waals surface area contributed by atoms with Crippen LogP contribution in [0.5, 0.6) is 0 Å². The van der Waals surface area contributed by atoms with Crippen LogP contribution in [0.2, 0.25) is 0 Å². The van der Waals surface area contributed by atoms with Gasteiger partial charge in [0.1, 0.15) is 5.82 Å². The molecule has 5 heteroatoms. The maximum absolute atomic E-state index is 13.9. The van der Waals surface area contributed by atoms with Crippen molar-refractivity contribution < 1.29 is 9.18 Å². The topological polar surface area (TPSA) is 35.6 Å². The highest BCUT2D eigenvalue weighted by atomic mass is 19.1. The number of hydrogen-bond acceptors (Lipinski definition) is 3. The van der Waals surface area contributed by atoms with Crippen LogP contribution in [0.1, 0.15) is 35.7 Å². The number of hydrogen-bond donors (Lipinski definition) is 1. The number of halogens is 1. The van der Waals surface area contributed by atoms with Crippen molar-refractivity contribution in [2.24, 2.45) is 0 Å². The highest BCUT2D eigenvalue weighted by Gasteiger charge is 2.18. The number of carbonyl (C=O) groups excluding carboxylic acids is 1. The maximum atomic E-state index is 13.9. The van der Waals surface area contributed by atoms with Gasteiger partial charge in [0.25, 0.3) is 5.91 Å². The average Bonchev–Trinajstić information content (AvgIpc) is 2.73. The van der Waals surface area contributed by atoms with E-state index in [0.29, 0.717) is 12.2 Å². The van der Waals surface area contributed by atoms with E-state index < -0.39 is 0 Å². The van der Waals surface area contributed by atoms with E-state index in [9.17, 15) is 9.18 Å². The van der Waals surface area contributed by atoms with Gasteiger partial charge in [-0.1, -0.05) is 37.6 Å². The third-order valence-corrected chi connectivity index (χ3v) is 5.26. The summed E-state index contributed by atoms with van der Waals surface area (Å²) in [6.07, 6.45) is 3.07. The van der Waals surface area contributed by atoms with E-state index in [4.69, 9.17) is 0 Å². The Hall–Kier alpha value is -2.40. The van der Waals surface area contributed by atoms with Crippen LogP contribution >= 0.6 is 0 Å². The van der Waals surface area contributed by atoms with Gasteiger partial charge in [-0.2, -0.15) is 0 Å². The first kappa shape index (κ1) is 20.3. The lowest BCUT2D eigenvalue weighted by atomic mass is 10.1. The lowest BCUT2D eigenvalue weighted by molar-refractivity contribution is 0.0951. The second kappa shape index (κ2) is 10.2. The van der Waals surface area contributed by atoms with Crippen LogP contribution in [-0.2, 0) is 6.42 Å². The minimum atomic E-state index is -0.151. The monoisotopic (exact) mass is 383 g/mol. The molecular weight excluding hydrogens is 353 g/mol. The van der Waals surface area contributed by atoms with E-state index in [2.05, 4.69) is 22.0 Å². The number of nitrogens with zero attached hydrogens (tertiary/aromatic N) is 2. The standard InChI is InChI=1S/C23H30FN3O/c1-2-6-19-9-11-20(12-10-19)23(28)25-13-5-14-26-15-17-27(18-16-26)22-8-4-3-7-21(22)24/h3-4,7-12H,2,5-6,13-18H2,1H3,(H,25,28). The molecule has 1 amide bonds. The van der Waals surface area contributed by atoms with Gasteiger partial charge in [0.05, 0.1) is 5.69 Å². The van der Waals surface area contributed by atoms with Crippen molar-refractivity contribution in [2.75, 3.05) is 44.2 Å². The first-order chi connectivity index (χ1) is 13.7. The number of amides is 1. The summed E-state index contributed by atoms with van der Waals surface area (Å²) in [6.45, 7) is 7.27. The molecule has 0 spiro atoms. The van der Waals surface area contributed by atoms with E-state index in [1.807, 2.05) is 36.4 Å². The third kappa shape index (κ3) is 5.55. The van der Waals surface area contributed by atoms with Crippen molar-refractivity contribution in [3.05, 3.63) is 65.5 Å². The van der Waals surface area contributed by atoms with Crippen LogP contribution in [0.4, 0.5) is 10.1 Å². The van der Waals surface area contributed by atoms with Crippen LogP contribution in [0.25, 0.3) is 0 Å². The lowest BCUT2D eigenvalue weighted by Crippen LogP contribution is -2.47. The number of benzene rings is 2. The summed E-state index contributed by atoms with van der Waals surface area (Å²) in [4.78, 5) is 16.7. The molecule has 1 aliphatic rings. The number of rotatable bonds is 8. The van der Waals surface area contributed by atoms with Crippen molar-refractivity contribution in [3.63, 3.8) is 0 Å². The van der Waals surface area contributed by atoms with Gasteiger partial charge in [0.15, 0.2) is 0 Å². The fraction of sp³-hybridized carbons (Fsp3) is 0.435. The number of aryl methyl sites for hydroxylation is 1. The van der Waals surface area contributed by atoms with E-state index in [1.54, 1.807) is 6.07 Å². The second-order valence-electron chi connectivity index (χ2n) is 7.34. The Morgan fingerprint density at radius 2 is 1.75 bits per heavy atom. The van der Waals surface area contributed by atoms with Gasteiger partial charge >= 0.3 is 0 Å². The largest absolute Gasteiger partial charge is 0.367 e. The summed E-state index contributed by atoms with van der Waals surface area (Å²) in [6, 6.07) is 14.8. The molecule has 28 heavy (non-hydrogen) atoms. The molecule has 1 aliphatic heterocycles. The molecule has 1 saturated heterocycles. The van der Waals surface area contributed by atoms with Gasteiger partial charge < -0.3 is 10.2 Å². The normalized spacial score (nSPS) is 14.9. The Bertz CT molecular complexity index is 755. The molecule has 0 bridgehead atoms. The third-order valence-electron chi connectivity index (χ3n) is 5.26. The Morgan fingerprint density at radius 1 is 1.04 bits per heavy atom. The summed E-state index contributed by atoms with van der Waals surface area (Å²) in [7, 11) is 0. The quantitative estimate of drug-likeness (QED) is 0.706. The van der Waals surface area contributed by atoms with Crippen molar-refractivity contribution in [2.45, 2.75) is 26.2 Å². The fourth-order valence-electron chi connectivity index (χ4n) is 3.64. The average molecular weight is 384 g/mol. The minimum Gasteiger partial charge on any atom is -0.367 e. The fourth-order valence-corrected chi connectivity index (χ4v) is 3.64. The van der Waals surface area contributed by atoms with Crippen LogP contribution in [0.3, 0.4) is 0 Å². The smallest absolute Gasteiger partial charge is 0.251 e. The first-order valence-corrected chi connectivity index (χ1v) is 10.3. The lowest BCUT2D eigenvalue weighted by Gasteiger charge is -2.36. The molecule has 1 N–H and O–H groups in total. The molecule has 3 rings (SSSR count). The summed E-state index contributed by atoms with van der Waals surface area (Å²) in [5, 5.41) is 3.01. The van der Waals surface area contributed by atoms with Crippen LogP contribution in [0.15, 0.2) is 48.5 Å². The van der Waals surface area contributed by atoms with Crippen molar-refractivity contribution in [3.8, 4) is 0 Å². The number of nitrogens with one attached hydrogen (secondary N) is 1. The molecule has 0 aromatic heterocycles. The molecule has 0 aliphatic carbocycles. The molecule has 4 nitrogen and oxygen atoms in total. The Kier molecular flexibility index (Phi) is 7.43. The molecule has 2 aromatic rings. The van der Waals surface area contributed by atoms with Gasteiger partial charge in [0.2, 0.25) is 0 Å². The maximum Gasteiger partial charge on any atom is 0.251 e. The molecule has 0 radical (unpaired) electrons. The molecule has 150 valence electrons. The zero-order chi connectivity index (χ0) is 19.8. The van der Waals surface area contributed by atoms with Crippen LogP contribution < -0.4 is 10.2 Å². The Morgan fingerprint density at radius 3 is 2.43 bits per heavy atom. The first-order valence-electron chi connectivity index (χ1n) is 10.3. The van der Waals surface area contributed by atoms with E-state index in [1.165, 1.54) is 11.6 Å². The predicted octanol–water partition coefficient (Wildman–Crippen LogP) is 3.72. The summed E-state index contributed by atoms with van der Waals surface area (Å²) >= 11 is 0. The molecule has 0 unspecified atom stereocenters. The summed E-state index contributed by atoms with van der Waals surface area (Å²) < 4.78 is 13.9. The number of carbonyl (C=O) groups is 1. The summed E-state index contributed by atoms with van der Waals surface area (Å²) in [5.74, 6) is -0.159. The van der Waals surface area contributed by atoms with Gasteiger partial charge in [-0.25, -0.2) is 4.39 Å². The van der Waals surface area contributed by atoms with E-state index >= 15 is 0 Å². The number of anilines is 1. The zero-order valence-electron chi connectivity index (χ0n) is 16.7. The highest BCUT2D eigenvalue weighted by molar-refractivity contribution is 5.94. The molecule has 2 aromatic carbocycles. The number of piperazine rings is 1. The second-order valence-corrected chi connectivity index (χ2v) is 7.34. The summed E-state index contributed by atoms with van der Waals surface area (Å²) in [5.41, 5.74) is 2.69. The van der Waals surface area contributed by atoms with Crippen LogP contribution in [0, 0.1) is 5.82 Å². The SMILES string of the molecule is CCCc1ccc(C(=O)NCCCN2CCN(c3ccccc3F)CC2)cc1. The van der Waals surface area contributed by atoms with Gasteiger partial charge in [-0.3, -0.25) is 9.69 Å². The van der Waals surface area contributed by atoms with Gasteiger partial charge in [-0.15, -0.1) is 0 Å². The molecule has 1 fully saturated rings. The van der Waals surface area contributed by atoms with E-state index in [-0.39, 0.29) is 11.7 Å². The van der Waals surface area contributed by atoms with E-state index in [0.717, 1.165) is 57.5 Å². The minimum absolute atomic E-state index is 0.00702. The van der Waals surface area contributed by atoms with Gasteiger partial charge in [0, 0.05) is 38.3 Å². The molecular formula is C23H30FN3O. The van der Waals surface area contributed by atoms with Gasteiger partial charge in [-0.05, 0) is 49.2 Å². The van der Waals surface area contributed by atoms with Crippen molar-refractivity contribution in [1.29, 1.82) is 0 Å². The molecule has 0 saturated carbocycles. The Balaban J connectivity index is 1.35. The highest BCUT2D eigenvalue weighted by Crippen LogP contribution is 2.20. The molecule has 0 atom stereocenters. The predicted molar refractivity (Wildman–Crippen MR) is 112 cm³/mol. The van der Waals surface area contributed by atoms with Crippen molar-refractivity contribution >= 4 is 11.6 Å². The number of para-hydroxylation sites is 1. The van der Waals surface area contributed by atoms with Crippen LogP contribution in [-0.4, -0.2) is 50.1 Å².